The monoisotopic (exact) mass is 412 g/mol. The van der Waals surface area contributed by atoms with Crippen molar-refractivity contribution in [2.24, 2.45) is 0 Å². The first-order valence-corrected chi connectivity index (χ1v) is 8.91. The van der Waals surface area contributed by atoms with Gasteiger partial charge in [0.25, 0.3) is 5.91 Å². The van der Waals surface area contributed by atoms with Crippen LogP contribution in [0.1, 0.15) is 12.5 Å². The molecule has 0 unspecified atom stereocenters. The fourth-order valence-electron chi connectivity index (χ4n) is 2.41. The average molecular weight is 413 g/mol. The lowest BCUT2D eigenvalue weighted by Crippen LogP contribution is -2.48. The van der Waals surface area contributed by atoms with Crippen LogP contribution in [0.4, 0.5) is 4.39 Å². The summed E-state index contributed by atoms with van der Waals surface area (Å²) < 4.78 is 19.0. The van der Waals surface area contributed by atoms with Gasteiger partial charge in [-0.3, -0.25) is 9.59 Å². The molecule has 0 aliphatic carbocycles. The molecule has 8 heteroatoms. The van der Waals surface area contributed by atoms with Crippen LogP contribution in [0.15, 0.2) is 42.5 Å². The number of likely N-dealkylation sites (N-methyl/N-ethyl adjacent to an activating group) is 1. The quantitative estimate of drug-likeness (QED) is 0.754. The molecule has 0 saturated heterocycles. The van der Waals surface area contributed by atoms with Crippen LogP contribution in [0.2, 0.25) is 10.0 Å². The second-order valence-corrected chi connectivity index (χ2v) is 6.61. The molecule has 27 heavy (non-hydrogen) atoms. The highest BCUT2D eigenvalue weighted by atomic mass is 35.5. The molecule has 5 nitrogen and oxygen atoms in total. The van der Waals surface area contributed by atoms with Gasteiger partial charge in [-0.05, 0) is 36.8 Å². The number of para-hydroxylation sites is 1. The Bertz CT molecular complexity index is 832. The molecule has 0 spiro atoms. The Morgan fingerprint density at radius 2 is 1.93 bits per heavy atom. The summed E-state index contributed by atoms with van der Waals surface area (Å²) in [5, 5.41) is 3.34. The Morgan fingerprint density at radius 1 is 1.22 bits per heavy atom. The number of halogens is 3. The topological polar surface area (TPSA) is 58.6 Å². The highest BCUT2D eigenvalue weighted by molar-refractivity contribution is 6.35. The van der Waals surface area contributed by atoms with Crippen molar-refractivity contribution in [1.82, 2.24) is 10.2 Å². The summed E-state index contributed by atoms with van der Waals surface area (Å²) >= 11 is 12.1. The molecule has 2 aromatic carbocycles. The first-order chi connectivity index (χ1) is 12.8. The Hall–Kier alpha value is -2.31. The zero-order valence-corrected chi connectivity index (χ0v) is 16.4. The van der Waals surface area contributed by atoms with Gasteiger partial charge in [-0.2, -0.15) is 0 Å². The van der Waals surface area contributed by atoms with Gasteiger partial charge >= 0.3 is 0 Å². The van der Waals surface area contributed by atoms with Gasteiger partial charge < -0.3 is 15.0 Å². The molecule has 2 amide bonds. The first-order valence-electron chi connectivity index (χ1n) is 8.15. The maximum atomic E-state index is 13.7. The van der Waals surface area contributed by atoms with Gasteiger partial charge in [-0.1, -0.05) is 41.4 Å². The minimum atomic E-state index is -0.779. The van der Waals surface area contributed by atoms with Crippen molar-refractivity contribution in [1.29, 1.82) is 0 Å². The summed E-state index contributed by atoms with van der Waals surface area (Å²) in [7, 11) is 1.48. The van der Waals surface area contributed by atoms with Gasteiger partial charge in [0.1, 0.15) is 6.04 Å². The van der Waals surface area contributed by atoms with Gasteiger partial charge in [-0.25, -0.2) is 4.39 Å². The Morgan fingerprint density at radius 3 is 2.56 bits per heavy atom. The van der Waals surface area contributed by atoms with Crippen LogP contribution in [0.25, 0.3) is 0 Å². The normalized spacial score (nSPS) is 11.6. The molecule has 2 rings (SSSR count). The third-order valence-corrected chi connectivity index (χ3v) is 4.54. The van der Waals surface area contributed by atoms with Crippen molar-refractivity contribution < 1.29 is 18.7 Å². The third-order valence-electron chi connectivity index (χ3n) is 3.96. The Balaban J connectivity index is 2.19. The van der Waals surface area contributed by atoms with E-state index in [2.05, 4.69) is 5.32 Å². The SMILES string of the molecule is CNC(=O)[C@H](C)N(Cc1ccc(Cl)cc1Cl)C(=O)COc1ccccc1F. The van der Waals surface area contributed by atoms with E-state index in [-0.39, 0.29) is 18.2 Å². The fraction of sp³-hybridized carbons (Fsp3) is 0.263. The zero-order valence-electron chi connectivity index (χ0n) is 14.8. The average Bonchev–Trinajstić information content (AvgIpc) is 2.65. The molecule has 0 heterocycles. The fourth-order valence-corrected chi connectivity index (χ4v) is 2.88. The van der Waals surface area contributed by atoms with E-state index >= 15 is 0 Å². The number of nitrogens with zero attached hydrogens (tertiary/aromatic N) is 1. The van der Waals surface area contributed by atoms with Crippen LogP contribution in [0, 0.1) is 5.82 Å². The van der Waals surface area contributed by atoms with Crippen LogP contribution >= 0.6 is 23.2 Å². The van der Waals surface area contributed by atoms with Gasteiger partial charge in [0.05, 0.1) is 0 Å². The second kappa shape index (κ2) is 9.58. The summed E-state index contributed by atoms with van der Waals surface area (Å²) in [5.74, 6) is -1.44. The van der Waals surface area contributed by atoms with Crippen LogP contribution in [0.5, 0.6) is 5.75 Å². The molecule has 0 saturated carbocycles. The summed E-state index contributed by atoms with van der Waals surface area (Å²) in [6, 6.07) is 9.88. The van der Waals surface area contributed by atoms with Gasteiger partial charge in [0.15, 0.2) is 18.2 Å². The van der Waals surface area contributed by atoms with E-state index in [4.69, 9.17) is 27.9 Å². The first kappa shape index (κ1) is 21.0. The molecule has 0 radical (unpaired) electrons. The van der Waals surface area contributed by atoms with Crippen LogP contribution in [-0.2, 0) is 16.1 Å². The number of hydrogen-bond acceptors (Lipinski definition) is 3. The van der Waals surface area contributed by atoms with Crippen molar-refractivity contribution in [3.05, 3.63) is 63.9 Å². The molecule has 0 fully saturated rings. The van der Waals surface area contributed by atoms with Crippen molar-refractivity contribution >= 4 is 35.0 Å². The second-order valence-electron chi connectivity index (χ2n) is 5.77. The summed E-state index contributed by atoms with van der Waals surface area (Å²) in [4.78, 5) is 26.1. The van der Waals surface area contributed by atoms with Crippen LogP contribution in [-0.4, -0.2) is 36.4 Å². The number of hydrogen-bond donors (Lipinski definition) is 1. The Labute approximate surface area is 167 Å². The van der Waals surface area contributed by atoms with Gasteiger partial charge in [0.2, 0.25) is 5.91 Å². The minimum Gasteiger partial charge on any atom is -0.481 e. The van der Waals surface area contributed by atoms with Gasteiger partial charge in [-0.15, -0.1) is 0 Å². The lowest BCUT2D eigenvalue weighted by atomic mass is 10.1. The predicted molar refractivity (Wildman–Crippen MR) is 102 cm³/mol. The van der Waals surface area contributed by atoms with Crippen molar-refractivity contribution in [2.75, 3.05) is 13.7 Å². The number of rotatable bonds is 7. The van der Waals surface area contributed by atoms with E-state index in [1.165, 1.54) is 30.1 Å². The van der Waals surface area contributed by atoms with Crippen LogP contribution < -0.4 is 10.1 Å². The van der Waals surface area contributed by atoms with Crippen LogP contribution in [0.3, 0.4) is 0 Å². The lowest BCUT2D eigenvalue weighted by Gasteiger charge is -2.28. The molecule has 0 aromatic heterocycles. The molecule has 1 atom stereocenters. The van der Waals surface area contributed by atoms with E-state index in [1.54, 1.807) is 31.2 Å². The number of benzene rings is 2. The molecular weight excluding hydrogens is 394 g/mol. The maximum absolute atomic E-state index is 13.7. The summed E-state index contributed by atoms with van der Waals surface area (Å²) in [5.41, 5.74) is 0.621. The molecule has 0 bridgehead atoms. The summed E-state index contributed by atoms with van der Waals surface area (Å²) in [6.45, 7) is 1.24. The minimum absolute atomic E-state index is 0.0390. The van der Waals surface area contributed by atoms with Crippen molar-refractivity contribution in [2.45, 2.75) is 19.5 Å². The van der Waals surface area contributed by atoms with Gasteiger partial charge in [0, 0.05) is 23.6 Å². The third kappa shape index (κ3) is 5.58. The number of carbonyl (C=O) groups excluding carboxylic acids is 2. The van der Waals surface area contributed by atoms with E-state index < -0.39 is 24.4 Å². The molecule has 0 aliphatic heterocycles. The largest absolute Gasteiger partial charge is 0.481 e. The number of ether oxygens (including phenoxy) is 1. The van der Waals surface area contributed by atoms with E-state index in [0.29, 0.717) is 15.6 Å². The molecule has 1 N–H and O–H groups in total. The molecule has 0 aliphatic rings. The predicted octanol–water partition coefficient (Wildman–Crippen LogP) is 3.67. The van der Waals surface area contributed by atoms with Crippen molar-refractivity contribution in [3.63, 3.8) is 0 Å². The smallest absolute Gasteiger partial charge is 0.261 e. The zero-order chi connectivity index (χ0) is 20.0. The molecule has 144 valence electrons. The maximum Gasteiger partial charge on any atom is 0.261 e. The Kier molecular flexibility index (Phi) is 7.45. The summed E-state index contributed by atoms with van der Waals surface area (Å²) in [6.07, 6.45) is 0. The van der Waals surface area contributed by atoms with Crippen molar-refractivity contribution in [3.8, 4) is 5.75 Å². The standard InChI is InChI=1S/C19H19Cl2FN2O3/c1-12(19(26)23-2)24(10-13-7-8-14(20)9-15(13)21)18(25)11-27-17-6-4-3-5-16(17)22/h3-9,12H,10-11H2,1-2H3,(H,23,26)/t12-/m0/s1. The molecular formula is C19H19Cl2FN2O3. The molecule has 2 aromatic rings. The number of carbonyl (C=O) groups is 2. The highest BCUT2D eigenvalue weighted by Crippen LogP contribution is 2.23. The lowest BCUT2D eigenvalue weighted by molar-refractivity contribution is -0.142. The van der Waals surface area contributed by atoms with E-state index in [9.17, 15) is 14.0 Å². The van der Waals surface area contributed by atoms with E-state index in [1.807, 2.05) is 0 Å². The number of amides is 2. The number of nitrogens with one attached hydrogen (secondary N) is 1. The highest BCUT2D eigenvalue weighted by Gasteiger charge is 2.26. The van der Waals surface area contributed by atoms with E-state index in [0.717, 1.165) is 0 Å².